The van der Waals surface area contributed by atoms with Crippen LogP contribution in [0.4, 0.5) is 9.59 Å². The van der Waals surface area contributed by atoms with Crippen LogP contribution in [-0.4, -0.2) is 56.2 Å². The van der Waals surface area contributed by atoms with Gasteiger partial charge in [0.05, 0.1) is 0 Å². The summed E-state index contributed by atoms with van der Waals surface area (Å²) in [4.78, 5) is 37.3. The molecule has 0 aromatic carbocycles. The normalized spacial score (nSPS) is 21.5. The topological polar surface area (TPSA) is 72.9 Å². The van der Waals surface area contributed by atoms with E-state index in [1.807, 2.05) is 0 Å². The molecule has 1 heterocycles. The van der Waals surface area contributed by atoms with Crippen LogP contribution < -0.4 is 0 Å². The molecule has 1 rings (SSSR count). The standard InChI is InChI=1S/C16H27NO5S2/c1-10(18)23-11-8-17(13(19)21-15(2,3)4)9-12(11)24-14(20)22-16(5,6)7/h11-12H,8-9H2,1-7H3/t11-,12+/m0/s1. The Balaban J connectivity index is 2.75. The first-order valence-electron chi connectivity index (χ1n) is 7.81. The molecule has 1 fully saturated rings. The second-order valence-corrected chi connectivity index (χ2v) is 10.2. The van der Waals surface area contributed by atoms with E-state index in [9.17, 15) is 14.4 Å². The molecule has 0 aromatic rings. The number of carbonyl (C=O) groups is 3. The highest BCUT2D eigenvalue weighted by Gasteiger charge is 2.40. The van der Waals surface area contributed by atoms with Crippen LogP contribution in [0.15, 0.2) is 0 Å². The summed E-state index contributed by atoms with van der Waals surface area (Å²) in [5, 5.41) is -0.803. The lowest BCUT2D eigenvalue weighted by molar-refractivity contribution is -0.109. The molecule has 1 saturated heterocycles. The number of hydrogen-bond donors (Lipinski definition) is 0. The van der Waals surface area contributed by atoms with E-state index in [-0.39, 0.29) is 15.6 Å². The number of nitrogens with zero attached hydrogens (tertiary/aromatic N) is 1. The zero-order valence-electron chi connectivity index (χ0n) is 15.4. The molecule has 0 spiro atoms. The summed E-state index contributed by atoms with van der Waals surface area (Å²) in [5.41, 5.74) is -1.16. The van der Waals surface area contributed by atoms with Gasteiger partial charge < -0.3 is 14.4 Å². The van der Waals surface area contributed by atoms with Crippen LogP contribution >= 0.6 is 23.5 Å². The van der Waals surface area contributed by atoms with Gasteiger partial charge in [-0.25, -0.2) is 9.59 Å². The van der Waals surface area contributed by atoms with Gasteiger partial charge in [0.15, 0.2) is 5.12 Å². The fourth-order valence-electron chi connectivity index (χ4n) is 2.06. The quantitative estimate of drug-likeness (QED) is 0.675. The second-order valence-electron chi connectivity index (χ2n) is 7.65. The van der Waals surface area contributed by atoms with Crippen LogP contribution in [0.25, 0.3) is 0 Å². The highest BCUT2D eigenvalue weighted by atomic mass is 32.2. The van der Waals surface area contributed by atoms with Crippen molar-refractivity contribution in [3.63, 3.8) is 0 Å². The van der Waals surface area contributed by atoms with Crippen LogP contribution in [0, 0.1) is 0 Å². The summed E-state index contributed by atoms with van der Waals surface area (Å²) in [6.45, 7) is 13.0. The fourth-order valence-corrected chi connectivity index (χ4v) is 4.35. The highest BCUT2D eigenvalue weighted by Crippen LogP contribution is 2.34. The van der Waals surface area contributed by atoms with Crippen molar-refractivity contribution in [3.05, 3.63) is 0 Å². The summed E-state index contributed by atoms with van der Waals surface area (Å²) >= 11 is 2.19. The largest absolute Gasteiger partial charge is 0.452 e. The van der Waals surface area contributed by atoms with Crippen LogP contribution in [0.1, 0.15) is 48.5 Å². The summed E-state index contributed by atoms with van der Waals surface area (Å²) in [5.74, 6) is 0. The Morgan fingerprint density at radius 1 is 0.875 bits per heavy atom. The van der Waals surface area contributed by atoms with Crippen molar-refractivity contribution in [2.45, 2.75) is 70.2 Å². The number of rotatable bonds is 2. The lowest BCUT2D eigenvalue weighted by Gasteiger charge is -2.24. The molecule has 0 bridgehead atoms. The Hall–Kier alpha value is -0.890. The van der Waals surface area contributed by atoms with Crippen molar-refractivity contribution >= 4 is 40.0 Å². The molecule has 24 heavy (non-hydrogen) atoms. The van der Waals surface area contributed by atoms with E-state index < -0.39 is 22.6 Å². The number of hydrogen-bond acceptors (Lipinski definition) is 7. The maximum atomic E-state index is 12.2. The zero-order valence-corrected chi connectivity index (χ0v) is 17.0. The first-order chi connectivity index (χ1) is 10.8. The van der Waals surface area contributed by atoms with Gasteiger partial charge in [0, 0.05) is 30.5 Å². The van der Waals surface area contributed by atoms with E-state index in [1.165, 1.54) is 6.92 Å². The van der Waals surface area contributed by atoms with Gasteiger partial charge in [0.1, 0.15) is 11.2 Å². The summed E-state index contributed by atoms with van der Waals surface area (Å²) in [6.07, 6.45) is -0.427. The Morgan fingerprint density at radius 2 is 1.33 bits per heavy atom. The van der Waals surface area contributed by atoms with E-state index >= 15 is 0 Å². The van der Waals surface area contributed by atoms with E-state index in [2.05, 4.69) is 0 Å². The Labute approximate surface area is 152 Å². The lowest BCUT2D eigenvalue weighted by Crippen LogP contribution is -2.35. The van der Waals surface area contributed by atoms with Crippen LogP contribution in [-0.2, 0) is 14.3 Å². The summed E-state index contributed by atoms with van der Waals surface area (Å²) in [6, 6.07) is 0. The van der Waals surface area contributed by atoms with E-state index in [1.54, 1.807) is 46.4 Å². The van der Waals surface area contributed by atoms with Crippen LogP contribution in [0.5, 0.6) is 0 Å². The van der Waals surface area contributed by atoms with Gasteiger partial charge in [-0.05, 0) is 53.3 Å². The number of likely N-dealkylation sites (tertiary alicyclic amines) is 1. The number of carbonyl (C=O) groups excluding carboxylic acids is 3. The first kappa shape index (κ1) is 21.2. The van der Waals surface area contributed by atoms with Crippen LogP contribution in [0.3, 0.4) is 0 Å². The van der Waals surface area contributed by atoms with Crippen molar-refractivity contribution in [1.29, 1.82) is 0 Å². The molecule has 0 saturated carbocycles. The van der Waals surface area contributed by atoms with Gasteiger partial charge >= 0.3 is 11.4 Å². The molecular formula is C16H27NO5S2. The molecule has 0 aromatic heterocycles. The third-order valence-corrected chi connectivity index (χ3v) is 5.16. The fraction of sp³-hybridized carbons (Fsp3) is 0.812. The third-order valence-electron chi connectivity index (χ3n) is 2.82. The molecule has 0 N–H and O–H groups in total. The Bertz CT molecular complexity index is 496. The number of ether oxygens (including phenoxy) is 2. The molecule has 0 unspecified atom stereocenters. The van der Waals surface area contributed by atoms with Crippen molar-refractivity contribution in [3.8, 4) is 0 Å². The van der Waals surface area contributed by atoms with Crippen LogP contribution in [0.2, 0.25) is 0 Å². The molecule has 6 nitrogen and oxygen atoms in total. The smallest absolute Gasteiger partial charge is 0.410 e. The van der Waals surface area contributed by atoms with E-state index in [0.29, 0.717) is 13.1 Å². The van der Waals surface area contributed by atoms with Crippen molar-refractivity contribution in [1.82, 2.24) is 4.90 Å². The Morgan fingerprint density at radius 3 is 1.75 bits per heavy atom. The minimum Gasteiger partial charge on any atom is -0.452 e. The molecule has 138 valence electrons. The maximum absolute atomic E-state index is 12.2. The van der Waals surface area contributed by atoms with Crippen molar-refractivity contribution in [2.24, 2.45) is 0 Å². The van der Waals surface area contributed by atoms with Crippen molar-refractivity contribution in [2.75, 3.05) is 13.1 Å². The van der Waals surface area contributed by atoms with E-state index in [0.717, 1.165) is 23.5 Å². The molecule has 2 atom stereocenters. The third kappa shape index (κ3) is 7.79. The molecule has 0 aliphatic carbocycles. The van der Waals surface area contributed by atoms with Gasteiger partial charge in [-0.2, -0.15) is 0 Å². The minimum atomic E-state index is -0.587. The highest BCUT2D eigenvalue weighted by molar-refractivity contribution is 8.17. The van der Waals surface area contributed by atoms with Gasteiger partial charge in [-0.15, -0.1) is 0 Å². The van der Waals surface area contributed by atoms with Crippen molar-refractivity contribution < 1.29 is 23.9 Å². The molecule has 8 heteroatoms. The molecular weight excluding hydrogens is 350 g/mol. The van der Waals surface area contributed by atoms with Gasteiger partial charge in [0.25, 0.3) is 0 Å². The summed E-state index contributed by atoms with van der Waals surface area (Å²) in [7, 11) is 0. The molecule has 0 radical (unpaired) electrons. The maximum Gasteiger partial charge on any atom is 0.410 e. The predicted molar refractivity (Wildman–Crippen MR) is 97.5 cm³/mol. The minimum absolute atomic E-state index is 0.0409. The lowest BCUT2D eigenvalue weighted by atomic mass is 10.2. The monoisotopic (exact) mass is 377 g/mol. The van der Waals surface area contributed by atoms with Gasteiger partial charge in [-0.1, -0.05) is 11.8 Å². The average molecular weight is 378 g/mol. The summed E-state index contributed by atoms with van der Waals surface area (Å²) < 4.78 is 10.7. The Kier molecular flexibility index (Phi) is 7.04. The molecule has 1 aliphatic rings. The molecule has 1 amide bonds. The SMILES string of the molecule is CC(=O)S[C@H]1CN(C(=O)OC(C)(C)C)C[C@H]1SC(=O)OC(C)(C)C. The second kappa shape index (κ2) is 7.99. The number of amides is 1. The first-order valence-corrected chi connectivity index (χ1v) is 9.57. The van der Waals surface area contributed by atoms with E-state index in [4.69, 9.17) is 9.47 Å². The van der Waals surface area contributed by atoms with Gasteiger partial charge in [0.2, 0.25) is 0 Å². The average Bonchev–Trinajstić information content (AvgIpc) is 2.66. The van der Waals surface area contributed by atoms with Gasteiger partial charge in [-0.3, -0.25) is 4.79 Å². The zero-order chi connectivity index (χ0) is 18.7. The predicted octanol–water partition coefficient (Wildman–Crippen LogP) is 3.92. The number of thioether (sulfide) groups is 2. The molecule has 1 aliphatic heterocycles.